The number of anilines is 1. The summed E-state index contributed by atoms with van der Waals surface area (Å²) in [5.74, 6) is 0.582. The molecule has 0 aromatic heterocycles. The Labute approximate surface area is 169 Å². The highest BCUT2D eigenvalue weighted by Gasteiger charge is 2.62. The number of alkyl halides is 3. The van der Waals surface area contributed by atoms with Crippen molar-refractivity contribution in [3.8, 4) is 0 Å². The average molecular weight is 428 g/mol. The van der Waals surface area contributed by atoms with Crippen LogP contribution in [-0.4, -0.2) is 60.8 Å². The molecule has 3 atom stereocenters. The van der Waals surface area contributed by atoms with E-state index >= 15 is 0 Å². The summed E-state index contributed by atoms with van der Waals surface area (Å²) in [4.78, 5) is 8.54. The van der Waals surface area contributed by atoms with Crippen LogP contribution in [0.5, 0.6) is 0 Å². The number of aliphatic imine (C=N–C) groups is 1. The summed E-state index contributed by atoms with van der Waals surface area (Å²) in [6.07, 6.45) is -1.94. The Morgan fingerprint density at radius 2 is 1.97 bits per heavy atom. The van der Waals surface area contributed by atoms with E-state index in [4.69, 9.17) is 4.74 Å². The highest BCUT2D eigenvalue weighted by molar-refractivity contribution is 7.98. The smallest absolute Gasteiger partial charge is 0.378 e. The molecule has 10 heteroatoms. The molecule has 4 aliphatic heterocycles. The van der Waals surface area contributed by atoms with Crippen molar-refractivity contribution >= 4 is 29.2 Å². The SMILES string of the molecule is Fc1cc2c(c(N3[C@H]4C[C@@H]([C@H]3C(F)(F)F)N(C3COC3)C4)c1)N=C(C1CC1)NS2. The van der Waals surface area contributed by atoms with Crippen LogP contribution < -0.4 is 9.62 Å². The quantitative estimate of drug-likeness (QED) is 0.590. The topological polar surface area (TPSA) is 40.1 Å². The van der Waals surface area contributed by atoms with Gasteiger partial charge in [0.2, 0.25) is 0 Å². The van der Waals surface area contributed by atoms with E-state index in [1.807, 2.05) is 4.90 Å². The van der Waals surface area contributed by atoms with Gasteiger partial charge in [0.1, 0.15) is 23.4 Å². The molecule has 1 saturated carbocycles. The molecular formula is C19H20F4N4OS. The third-order valence-electron chi connectivity index (χ3n) is 6.60. The van der Waals surface area contributed by atoms with Gasteiger partial charge >= 0.3 is 6.18 Å². The van der Waals surface area contributed by atoms with Gasteiger partial charge in [0.05, 0.1) is 29.8 Å². The van der Waals surface area contributed by atoms with Gasteiger partial charge in [-0.25, -0.2) is 9.38 Å². The molecule has 2 bridgehead atoms. The lowest BCUT2D eigenvalue weighted by Gasteiger charge is -2.47. The van der Waals surface area contributed by atoms with Crippen LogP contribution in [0, 0.1) is 11.7 Å². The minimum absolute atomic E-state index is 0.0534. The number of halogens is 4. The maximum absolute atomic E-state index is 14.4. The van der Waals surface area contributed by atoms with Crippen LogP contribution in [0.3, 0.4) is 0 Å². The third-order valence-corrected chi connectivity index (χ3v) is 7.45. The molecule has 0 radical (unpaired) electrons. The number of nitrogens with zero attached hydrogens (tertiary/aromatic N) is 3. The van der Waals surface area contributed by atoms with E-state index in [9.17, 15) is 17.6 Å². The highest BCUT2D eigenvalue weighted by atomic mass is 32.2. The lowest BCUT2D eigenvalue weighted by molar-refractivity contribution is -0.170. The van der Waals surface area contributed by atoms with Crippen molar-refractivity contribution in [2.75, 3.05) is 24.7 Å². The Kier molecular flexibility index (Phi) is 3.93. The molecule has 29 heavy (non-hydrogen) atoms. The predicted molar refractivity (Wildman–Crippen MR) is 101 cm³/mol. The monoisotopic (exact) mass is 428 g/mol. The maximum Gasteiger partial charge on any atom is 0.410 e. The first kappa shape index (κ1) is 18.3. The largest absolute Gasteiger partial charge is 0.410 e. The molecule has 0 spiro atoms. The molecule has 3 saturated heterocycles. The van der Waals surface area contributed by atoms with Crippen molar-refractivity contribution in [3.63, 3.8) is 0 Å². The number of rotatable bonds is 3. The zero-order chi connectivity index (χ0) is 19.9. The molecule has 5 nitrogen and oxygen atoms in total. The minimum Gasteiger partial charge on any atom is -0.378 e. The zero-order valence-corrected chi connectivity index (χ0v) is 16.3. The Hall–Kier alpha value is -1.52. The number of ether oxygens (including phenoxy) is 1. The first-order valence-corrected chi connectivity index (χ1v) is 10.8. The second-order valence-electron chi connectivity index (χ2n) is 8.49. The summed E-state index contributed by atoms with van der Waals surface area (Å²) in [5, 5.41) is 0. The number of likely N-dealkylation sites (tertiary alicyclic amines) is 1. The summed E-state index contributed by atoms with van der Waals surface area (Å²) in [6.45, 7) is 1.52. The summed E-state index contributed by atoms with van der Waals surface area (Å²) in [6, 6.07) is 0.0321. The molecule has 5 aliphatic rings. The fraction of sp³-hybridized carbons (Fsp3) is 0.632. The van der Waals surface area contributed by atoms with Gasteiger partial charge < -0.3 is 14.4 Å². The van der Waals surface area contributed by atoms with Crippen LogP contribution >= 0.6 is 11.9 Å². The van der Waals surface area contributed by atoms with Gasteiger partial charge in [0.25, 0.3) is 0 Å². The Bertz CT molecular complexity index is 886. The first-order chi connectivity index (χ1) is 13.9. The van der Waals surface area contributed by atoms with E-state index in [0.29, 0.717) is 42.7 Å². The van der Waals surface area contributed by atoms with Crippen molar-refractivity contribution < 1.29 is 22.3 Å². The number of piperazine rings is 1. The van der Waals surface area contributed by atoms with Crippen molar-refractivity contribution in [1.82, 2.24) is 9.62 Å². The van der Waals surface area contributed by atoms with Crippen LogP contribution in [0.4, 0.5) is 28.9 Å². The maximum atomic E-state index is 14.4. The van der Waals surface area contributed by atoms with Gasteiger partial charge in [-0.3, -0.25) is 4.90 Å². The van der Waals surface area contributed by atoms with Gasteiger partial charge in [-0.15, -0.1) is 0 Å². The molecule has 156 valence electrons. The Morgan fingerprint density at radius 3 is 2.62 bits per heavy atom. The molecule has 1 aromatic carbocycles. The van der Waals surface area contributed by atoms with Crippen molar-refractivity contribution in [2.24, 2.45) is 10.9 Å². The minimum atomic E-state index is -4.41. The van der Waals surface area contributed by atoms with E-state index in [1.165, 1.54) is 29.0 Å². The molecular weight excluding hydrogens is 408 g/mol. The number of hydrogen-bond acceptors (Lipinski definition) is 6. The fourth-order valence-corrected chi connectivity index (χ4v) is 5.92. The molecule has 6 rings (SSSR count). The fourth-order valence-electron chi connectivity index (χ4n) is 5.08. The van der Waals surface area contributed by atoms with E-state index in [-0.39, 0.29) is 17.8 Å². The van der Waals surface area contributed by atoms with Crippen LogP contribution in [0.1, 0.15) is 19.3 Å². The predicted octanol–water partition coefficient (Wildman–Crippen LogP) is 3.47. The van der Waals surface area contributed by atoms with E-state index < -0.39 is 24.1 Å². The van der Waals surface area contributed by atoms with Crippen LogP contribution in [0.15, 0.2) is 22.0 Å². The van der Waals surface area contributed by atoms with Crippen LogP contribution in [-0.2, 0) is 4.74 Å². The van der Waals surface area contributed by atoms with Gasteiger partial charge in [-0.2, -0.15) is 13.2 Å². The Balaban J connectivity index is 1.43. The number of amidine groups is 1. The first-order valence-electron chi connectivity index (χ1n) is 9.93. The molecule has 1 aromatic rings. The summed E-state index contributed by atoms with van der Waals surface area (Å²) in [5.41, 5.74) is 0.740. The Morgan fingerprint density at radius 1 is 1.17 bits per heavy atom. The van der Waals surface area contributed by atoms with Crippen LogP contribution in [0.2, 0.25) is 0 Å². The molecule has 4 heterocycles. The lowest BCUT2D eigenvalue weighted by Crippen LogP contribution is -2.64. The molecule has 1 N–H and O–H groups in total. The van der Waals surface area contributed by atoms with E-state index in [1.54, 1.807) is 0 Å². The van der Waals surface area contributed by atoms with E-state index in [2.05, 4.69) is 9.71 Å². The van der Waals surface area contributed by atoms with Gasteiger partial charge in [-0.1, -0.05) is 0 Å². The summed E-state index contributed by atoms with van der Waals surface area (Å²) < 4.78 is 65.4. The summed E-state index contributed by atoms with van der Waals surface area (Å²) >= 11 is 1.24. The molecule has 4 fully saturated rings. The van der Waals surface area contributed by atoms with Crippen molar-refractivity contribution in [3.05, 3.63) is 17.9 Å². The second kappa shape index (κ2) is 6.24. The van der Waals surface area contributed by atoms with E-state index in [0.717, 1.165) is 18.7 Å². The molecule has 1 aliphatic carbocycles. The second-order valence-corrected chi connectivity index (χ2v) is 9.33. The third kappa shape index (κ3) is 2.86. The highest BCUT2D eigenvalue weighted by Crippen LogP contribution is 2.51. The average Bonchev–Trinajstić information content (AvgIpc) is 3.29. The normalized spacial score (nSPS) is 32.1. The number of fused-ring (bicyclic) bond motifs is 3. The standard InChI is InChI=1S/C19H20F4N4OS/c20-10-3-13(16-15(4-10)29-25-18(24-16)9-1-2-9)27-11-5-14(17(27)19(21,22)23)26(6-11)12-7-28-8-12/h3-4,9,11-12,14,17H,1-2,5-8H2,(H,24,25)/t11-,14-,17-/m0/s1. The number of hydrogen-bond donors (Lipinski definition) is 1. The van der Waals surface area contributed by atoms with Crippen molar-refractivity contribution in [1.29, 1.82) is 0 Å². The van der Waals surface area contributed by atoms with Gasteiger partial charge in [-0.05, 0) is 43.3 Å². The zero-order valence-electron chi connectivity index (χ0n) is 15.5. The molecule has 0 unspecified atom stereocenters. The van der Waals surface area contributed by atoms with Crippen LogP contribution in [0.25, 0.3) is 0 Å². The summed E-state index contributed by atoms with van der Waals surface area (Å²) in [7, 11) is 0. The number of benzene rings is 1. The molecule has 0 amide bonds. The van der Waals surface area contributed by atoms with Gasteiger partial charge in [0, 0.05) is 24.5 Å². The number of nitrogens with one attached hydrogen (secondary N) is 1. The lowest BCUT2D eigenvalue weighted by atomic mass is 10.0. The van der Waals surface area contributed by atoms with Crippen molar-refractivity contribution in [2.45, 2.75) is 54.5 Å². The van der Waals surface area contributed by atoms with Gasteiger partial charge in [0.15, 0.2) is 0 Å².